The summed E-state index contributed by atoms with van der Waals surface area (Å²) in [5.41, 5.74) is 1.65. The number of hydrogen-bond donors (Lipinski definition) is 1. The summed E-state index contributed by atoms with van der Waals surface area (Å²) in [7, 11) is -4.33. The van der Waals surface area contributed by atoms with E-state index in [2.05, 4.69) is 14.8 Å². The summed E-state index contributed by atoms with van der Waals surface area (Å²) < 4.78 is 58.5. The van der Waals surface area contributed by atoms with Crippen molar-refractivity contribution < 1.29 is 17.2 Å². The highest BCUT2D eigenvalue weighted by molar-refractivity contribution is 7.92. The summed E-state index contributed by atoms with van der Waals surface area (Å²) in [6, 6.07) is 12.8. The Morgan fingerprint density at radius 2 is 1.71 bits per heavy atom. The summed E-state index contributed by atoms with van der Waals surface area (Å²) in [5, 5.41) is 4.47. The number of aromatic nitrogens is 3. The molecule has 2 aromatic heterocycles. The van der Waals surface area contributed by atoms with E-state index in [4.69, 9.17) is 0 Å². The molecule has 0 radical (unpaired) electrons. The van der Waals surface area contributed by atoms with Crippen molar-refractivity contribution >= 4 is 15.7 Å². The predicted molar refractivity (Wildman–Crippen MR) is 114 cm³/mol. The van der Waals surface area contributed by atoms with Crippen LogP contribution in [0.1, 0.15) is 6.92 Å². The molecule has 0 aliphatic carbocycles. The first kappa shape index (κ1) is 20.7. The van der Waals surface area contributed by atoms with E-state index in [9.17, 15) is 12.8 Å². The van der Waals surface area contributed by atoms with Crippen LogP contribution in [0.2, 0.25) is 0 Å². The first-order valence-electron chi connectivity index (χ1n) is 9.45. The van der Waals surface area contributed by atoms with Gasteiger partial charge in [0.05, 0.1) is 5.69 Å². The topological polar surface area (TPSA) is 76.9 Å². The van der Waals surface area contributed by atoms with Gasteiger partial charge in [0, 0.05) is 36.3 Å². The first-order chi connectivity index (χ1) is 14.9. The number of anilines is 1. The van der Waals surface area contributed by atoms with E-state index in [0.29, 0.717) is 17.8 Å². The third kappa shape index (κ3) is 4.04. The second-order valence-electron chi connectivity index (χ2n) is 6.69. The molecule has 0 saturated carbocycles. The molecular weight excluding hydrogens is 422 g/mol. The Balaban J connectivity index is 1.79. The Labute approximate surface area is 178 Å². The highest BCUT2D eigenvalue weighted by atomic mass is 32.2. The van der Waals surface area contributed by atoms with Gasteiger partial charge < -0.3 is 0 Å². The average Bonchev–Trinajstić information content (AvgIpc) is 3.20. The number of rotatable bonds is 6. The van der Waals surface area contributed by atoms with Crippen molar-refractivity contribution in [3.05, 3.63) is 84.8 Å². The van der Waals surface area contributed by atoms with Crippen molar-refractivity contribution in [1.82, 2.24) is 14.8 Å². The zero-order valence-corrected chi connectivity index (χ0v) is 17.3. The van der Waals surface area contributed by atoms with Gasteiger partial charge in [-0.15, -0.1) is 0 Å². The van der Waals surface area contributed by atoms with E-state index in [1.54, 1.807) is 35.4 Å². The lowest BCUT2D eigenvalue weighted by atomic mass is 10.0. The molecule has 2 aromatic carbocycles. The Kier molecular flexibility index (Phi) is 5.51. The van der Waals surface area contributed by atoms with Gasteiger partial charge in [-0.25, -0.2) is 17.2 Å². The number of pyridine rings is 1. The first-order valence-corrected chi connectivity index (χ1v) is 10.9. The maximum absolute atomic E-state index is 15.4. The van der Waals surface area contributed by atoms with E-state index in [1.807, 2.05) is 6.92 Å². The van der Waals surface area contributed by atoms with Crippen molar-refractivity contribution in [1.29, 1.82) is 0 Å². The van der Waals surface area contributed by atoms with Gasteiger partial charge in [0.15, 0.2) is 5.82 Å². The molecule has 0 aliphatic heterocycles. The number of sulfonamides is 1. The maximum Gasteiger partial charge on any atom is 0.264 e. The fourth-order valence-corrected chi connectivity index (χ4v) is 4.32. The van der Waals surface area contributed by atoms with Gasteiger partial charge in [0.1, 0.15) is 16.4 Å². The van der Waals surface area contributed by atoms with Gasteiger partial charge in [-0.05, 0) is 48.9 Å². The predicted octanol–water partition coefficient (Wildman–Crippen LogP) is 4.71. The molecule has 9 heteroatoms. The lowest BCUT2D eigenvalue weighted by Crippen LogP contribution is -2.15. The number of halogens is 2. The third-order valence-corrected chi connectivity index (χ3v) is 6.10. The van der Waals surface area contributed by atoms with Gasteiger partial charge in [-0.1, -0.05) is 18.2 Å². The molecule has 0 atom stereocenters. The fraction of sp³-hybridized carbons (Fsp3) is 0.0909. The number of benzene rings is 2. The molecule has 0 bridgehead atoms. The van der Waals surface area contributed by atoms with E-state index >= 15 is 4.39 Å². The molecular formula is C22H18F2N4O2S. The molecule has 4 rings (SSSR count). The lowest BCUT2D eigenvalue weighted by Gasteiger charge is -2.12. The van der Waals surface area contributed by atoms with Crippen LogP contribution in [0, 0.1) is 11.6 Å². The minimum atomic E-state index is -4.33. The van der Waals surface area contributed by atoms with Gasteiger partial charge in [-0.3, -0.25) is 14.4 Å². The summed E-state index contributed by atoms with van der Waals surface area (Å²) in [5.74, 6) is -1.73. The largest absolute Gasteiger partial charge is 0.277 e. The van der Waals surface area contributed by atoms with Crippen LogP contribution in [-0.4, -0.2) is 23.2 Å². The quantitative estimate of drug-likeness (QED) is 0.471. The van der Waals surface area contributed by atoms with Crippen LogP contribution in [-0.2, 0) is 16.6 Å². The molecule has 0 unspecified atom stereocenters. The maximum atomic E-state index is 15.4. The van der Waals surface area contributed by atoms with E-state index < -0.39 is 26.6 Å². The highest BCUT2D eigenvalue weighted by Gasteiger charge is 2.23. The second kappa shape index (κ2) is 8.27. The molecule has 0 spiro atoms. The molecule has 0 fully saturated rings. The molecule has 4 aromatic rings. The summed E-state index contributed by atoms with van der Waals surface area (Å²) >= 11 is 0. The van der Waals surface area contributed by atoms with Crippen molar-refractivity contribution in [2.24, 2.45) is 0 Å². The normalized spacial score (nSPS) is 11.5. The van der Waals surface area contributed by atoms with Gasteiger partial charge in [-0.2, -0.15) is 5.10 Å². The second-order valence-corrected chi connectivity index (χ2v) is 8.34. The van der Waals surface area contributed by atoms with Crippen LogP contribution in [0.4, 0.5) is 14.5 Å². The van der Waals surface area contributed by atoms with Crippen molar-refractivity contribution in [2.45, 2.75) is 18.4 Å². The van der Waals surface area contributed by atoms with Crippen molar-refractivity contribution in [2.75, 3.05) is 4.72 Å². The average molecular weight is 440 g/mol. The minimum absolute atomic E-state index is 0.118. The minimum Gasteiger partial charge on any atom is -0.277 e. The number of aryl methyl sites for hydroxylation is 1. The Morgan fingerprint density at radius 1 is 0.968 bits per heavy atom. The molecule has 31 heavy (non-hydrogen) atoms. The number of nitrogens with zero attached hydrogens (tertiary/aromatic N) is 3. The molecule has 0 amide bonds. The number of nitrogens with one attached hydrogen (secondary N) is 1. The molecule has 158 valence electrons. The fourth-order valence-electron chi connectivity index (χ4n) is 3.18. The Morgan fingerprint density at radius 3 is 2.42 bits per heavy atom. The van der Waals surface area contributed by atoms with Crippen LogP contribution < -0.4 is 4.72 Å². The third-order valence-electron chi connectivity index (χ3n) is 4.70. The standard InChI is InChI=1S/C22H18F2N4O2S/c1-2-28-14-17(15-10-12-25-13-11-15)22(26-28)16-6-5-8-19(21(16)24)27-31(29,30)20-9-4-3-7-18(20)23/h3-14,27H,2H2,1H3. The van der Waals surface area contributed by atoms with Gasteiger partial charge in [0.25, 0.3) is 10.0 Å². The van der Waals surface area contributed by atoms with E-state index in [-0.39, 0.29) is 11.3 Å². The van der Waals surface area contributed by atoms with Crippen LogP contribution in [0.25, 0.3) is 22.4 Å². The van der Waals surface area contributed by atoms with Gasteiger partial charge >= 0.3 is 0 Å². The van der Waals surface area contributed by atoms with Crippen LogP contribution in [0.3, 0.4) is 0 Å². The SMILES string of the molecule is CCn1cc(-c2ccncc2)c(-c2cccc(NS(=O)(=O)c3ccccc3F)c2F)n1. The van der Waals surface area contributed by atoms with E-state index in [0.717, 1.165) is 17.7 Å². The molecule has 2 heterocycles. The summed E-state index contributed by atoms with van der Waals surface area (Å²) in [6.07, 6.45) is 5.04. The Bertz CT molecular complexity index is 1340. The zero-order chi connectivity index (χ0) is 22.0. The summed E-state index contributed by atoms with van der Waals surface area (Å²) in [4.78, 5) is 3.44. The monoisotopic (exact) mass is 440 g/mol. The lowest BCUT2D eigenvalue weighted by molar-refractivity contribution is 0.569. The molecule has 0 aliphatic rings. The van der Waals surface area contributed by atoms with Gasteiger partial charge in [0.2, 0.25) is 0 Å². The van der Waals surface area contributed by atoms with E-state index in [1.165, 1.54) is 30.3 Å². The van der Waals surface area contributed by atoms with Crippen LogP contribution in [0.5, 0.6) is 0 Å². The Hall–Kier alpha value is -3.59. The zero-order valence-electron chi connectivity index (χ0n) is 16.5. The van der Waals surface area contributed by atoms with Crippen LogP contribution in [0.15, 0.2) is 78.1 Å². The highest BCUT2D eigenvalue weighted by Crippen LogP contribution is 2.35. The van der Waals surface area contributed by atoms with Crippen molar-refractivity contribution in [3.8, 4) is 22.4 Å². The van der Waals surface area contributed by atoms with Crippen molar-refractivity contribution in [3.63, 3.8) is 0 Å². The molecule has 6 nitrogen and oxygen atoms in total. The smallest absolute Gasteiger partial charge is 0.264 e. The molecule has 0 saturated heterocycles. The molecule has 1 N–H and O–H groups in total. The summed E-state index contributed by atoms with van der Waals surface area (Å²) in [6.45, 7) is 2.47. The number of hydrogen-bond acceptors (Lipinski definition) is 4. The van der Waals surface area contributed by atoms with Crippen LogP contribution >= 0.6 is 0 Å².